The minimum absolute atomic E-state index is 0.260. The number of hydrogen-bond donors (Lipinski definition) is 1. The van der Waals surface area contributed by atoms with Crippen molar-refractivity contribution in [2.75, 3.05) is 5.32 Å². The summed E-state index contributed by atoms with van der Waals surface area (Å²) in [5, 5.41) is 7.21. The van der Waals surface area contributed by atoms with Gasteiger partial charge in [-0.05, 0) is 24.6 Å². The molecule has 3 rings (SSSR count). The maximum Gasteiger partial charge on any atom is 0.255 e. The van der Waals surface area contributed by atoms with Gasteiger partial charge in [-0.1, -0.05) is 17.7 Å². The van der Waals surface area contributed by atoms with E-state index in [0.29, 0.717) is 17.3 Å². The van der Waals surface area contributed by atoms with E-state index in [4.69, 9.17) is 11.6 Å². The lowest BCUT2D eigenvalue weighted by atomic mass is 10.2. The predicted molar refractivity (Wildman–Crippen MR) is 70.2 cm³/mol. The number of hydrogen-bond acceptors (Lipinski definition) is 4. The summed E-state index contributed by atoms with van der Waals surface area (Å²) in [5.41, 5.74) is 1.29. The van der Waals surface area contributed by atoms with Gasteiger partial charge in [0.25, 0.3) is 5.78 Å². The van der Waals surface area contributed by atoms with Crippen molar-refractivity contribution >= 4 is 28.9 Å². The van der Waals surface area contributed by atoms with Crippen molar-refractivity contribution in [3.05, 3.63) is 47.1 Å². The SMILES string of the molecule is Cc1ccc(F)c(Nc2cc(Cl)nc3ncnn23)c1. The van der Waals surface area contributed by atoms with Crippen LogP contribution in [0.25, 0.3) is 5.78 Å². The summed E-state index contributed by atoms with van der Waals surface area (Å²) in [6.45, 7) is 1.88. The molecule has 0 bridgehead atoms. The summed E-state index contributed by atoms with van der Waals surface area (Å²) in [4.78, 5) is 7.94. The Kier molecular flexibility index (Phi) is 2.79. The van der Waals surface area contributed by atoms with E-state index in [1.807, 2.05) is 6.92 Å². The second-order valence-electron chi connectivity index (χ2n) is 4.04. The molecule has 0 atom stereocenters. The van der Waals surface area contributed by atoms with E-state index in [2.05, 4.69) is 20.4 Å². The van der Waals surface area contributed by atoms with Crippen LogP contribution in [0.5, 0.6) is 0 Å². The van der Waals surface area contributed by atoms with Gasteiger partial charge >= 0.3 is 0 Å². The van der Waals surface area contributed by atoms with E-state index in [-0.39, 0.29) is 11.0 Å². The fourth-order valence-corrected chi connectivity index (χ4v) is 1.92. The van der Waals surface area contributed by atoms with E-state index in [1.54, 1.807) is 18.2 Å². The van der Waals surface area contributed by atoms with Crippen molar-refractivity contribution in [2.24, 2.45) is 0 Å². The Bertz CT molecular complexity index is 755. The molecule has 0 saturated carbocycles. The van der Waals surface area contributed by atoms with Gasteiger partial charge in [-0.3, -0.25) is 0 Å². The molecule has 0 spiro atoms. The van der Waals surface area contributed by atoms with Crippen molar-refractivity contribution in [2.45, 2.75) is 6.92 Å². The van der Waals surface area contributed by atoms with Crippen LogP contribution in [0.4, 0.5) is 15.9 Å². The summed E-state index contributed by atoms with van der Waals surface area (Å²) in [6, 6.07) is 6.36. The molecule has 0 radical (unpaired) electrons. The van der Waals surface area contributed by atoms with E-state index < -0.39 is 0 Å². The molecular formula is C12H9ClFN5. The molecule has 0 aliphatic rings. The highest BCUT2D eigenvalue weighted by Crippen LogP contribution is 2.22. The van der Waals surface area contributed by atoms with Gasteiger partial charge in [0.1, 0.15) is 23.1 Å². The quantitative estimate of drug-likeness (QED) is 0.732. The average Bonchev–Trinajstić information content (AvgIpc) is 2.82. The first-order chi connectivity index (χ1) is 9.13. The van der Waals surface area contributed by atoms with E-state index >= 15 is 0 Å². The van der Waals surface area contributed by atoms with Crippen LogP contribution in [0.1, 0.15) is 5.56 Å². The second-order valence-corrected chi connectivity index (χ2v) is 4.43. The Morgan fingerprint density at radius 2 is 2.16 bits per heavy atom. The second kappa shape index (κ2) is 4.47. The molecule has 0 aliphatic carbocycles. The van der Waals surface area contributed by atoms with Gasteiger partial charge in [-0.15, -0.1) is 0 Å². The van der Waals surface area contributed by atoms with Crippen LogP contribution >= 0.6 is 11.6 Å². The Morgan fingerprint density at radius 1 is 1.32 bits per heavy atom. The van der Waals surface area contributed by atoms with Crippen LogP contribution < -0.4 is 5.32 Å². The summed E-state index contributed by atoms with van der Waals surface area (Å²) in [5.74, 6) is 0.492. The molecule has 1 N–H and O–H groups in total. The van der Waals surface area contributed by atoms with Crippen molar-refractivity contribution in [3.8, 4) is 0 Å². The molecule has 0 aliphatic heterocycles. The lowest BCUT2D eigenvalue weighted by Crippen LogP contribution is -2.03. The number of benzene rings is 1. The standard InChI is InChI=1S/C12H9ClFN5/c1-7-2-3-8(14)9(4-7)17-11-5-10(13)18-12-15-6-16-19(11)12/h2-6,17H,1H3. The number of fused-ring (bicyclic) bond motifs is 1. The number of halogens is 2. The first-order valence-corrected chi connectivity index (χ1v) is 5.91. The summed E-state index contributed by atoms with van der Waals surface area (Å²) in [6.07, 6.45) is 1.36. The molecule has 19 heavy (non-hydrogen) atoms. The topological polar surface area (TPSA) is 55.1 Å². The first-order valence-electron chi connectivity index (χ1n) is 5.53. The van der Waals surface area contributed by atoms with Crippen molar-refractivity contribution in [1.82, 2.24) is 19.6 Å². The Hall–Kier alpha value is -2.21. The minimum atomic E-state index is -0.355. The van der Waals surface area contributed by atoms with Gasteiger partial charge in [0.15, 0.2) is 0 Å². The molecule has 96 valence electrons. The zero-order chi connectivity index (χ0) is 13.4. The van der Waals surface area contributed by atoms with Gasteiger partial charge in [0, 0.05) is 6.07 Å². The monoisotopic (exact) mass is 277 g/mol. The maximum absolute atomic E-state index is 13.7. The lowest BCUT2D eigenvalue weighted by molar-refractivity contribution is 0.631. The number of nitrogens with one attached hydrogen (secondary N) is 1. The minimum Gasteiger partial charge on any atom is -0.338 e. The molecule has 5 nitrogen and oxygen atoms in total. The molecule has 1 aromatic carbocycles. The van der Waals surface area contributed by atoms with Crippen LogP contribution in [-0.4, -0.2) is 19.6 Å². The highest BCUT2D eigenvalue weighted by atomic mass is 35.5. The van der Waals surface area contributed by atoms with Crippen LogP contribution in [0.3, 0.4) is 0 Å². The van der Waals surface area contributed by atoms with Gasteiger partial charge in [-0.2, -0.15) is 19.6 Å². The third-order valence-corrected chi connectivity index (χ3v) is 2.80. The molecule has 2 heterocycles. The Morgan fingerprint density at radius 3 is 3.00 bits per heavy atom. The number of nitrogens with zero attached hydrogens (tertiary/aromatic N) is 4. The molecule has 0 fully saturated rings. The summed E-state index contributed by atoms with van der Waals surface area (Å²) < 4.78 is 15.2. The molecule has 0 unspecified atom stereocenters. The fourth-order valence-electron chi connectivity index (χ4n) is 1.75. The number of aryl methyl sites for hydroxylation is 1. The molecule has 0 amide bonds. The smallest absolute Gasteiger partial charge is 0.255 e. The van der Waals surface area contributed by atoms with E-state index in [1.165, 1.54) is 16.9 Å². The molecule has 2 aromatic heterocycles. The average molecular weight is 278 g/mol. The number of anilines is 2. The maximum atomic E-state index is 13.7. The molecule has 3 aromatic rings. The number of aromatic nitrogens is 4. The third-order valence-electron chi connectivity index (χ3n) is 2.61. The van der Waals surface area contributed by atoms with E-state index in [0.717, 1.165) is 5.56 Å². The third kappa shape index (κ3) is 2.22. The highest BCUT2D eigenvalue weighted by molar-refractivity contribution is 6.29. The highest BCUT2D eigenvalue weighted by Gasteiger charge is 2.09. The largest absolute Gasteiger partial charge is 0.338 e. The normalized spacial score (nSPS) is 10.9. The molecular weight excluding hydrogens is 269 g/mol. The number of rotatable bonds is 2. The Labute approximate surface area is 113 Å². The predicted octanol–water partition coefficient (Wildman–Crippen LogP) is 2.97. The first kappa shape index (κ1) is 11.9. The molecule has 7 heteroatoms. The van der Waals surface area contributed by atoms with E-state index in [9.17, 15) is 4.39 Å². The molecule has 0 saturated heterocycles. The van der Waals surface area contributed by atoms with Crippen molar-refractivity contribution in [3.63, 3.8) is 0 Å². The zero-order valence-electron chi connectivity index (χ0n) is 9.93. The van der Waals surface area contributed by atoms with Crippen molar-refractivity contribution < 1.29 is 4.39 Å². The van der Waals surface area contributed by atoms with Crippen molar-refractivity contribution in [1.29, 1.82) is 0 Å². The van der Waals surface area contributed by atoms with Crippen LogP contribution in [0.15, 0.2) is 30.6 Å². The van der Waals surface area contributed by atoms with Crippen LogP contribution in [0, 0.1) is 12.7 Å². The summed E-state index contributed by atoms with van der Waals surface area (Å²) >= 11 is 5.89. The van der Waals surface area contributed by atoms with Gasteiger partial charge in [0.2, 0.25) is 0 Å². The fraction of sp³-hybridized carbons (Fsp3) is 0.0833. The van der Waals surface area contributed by atoms with Crippen LogP contribution in [0.2, 0.25) is 5.15 Å². The van der Waals surface area contributed by atoms with Gasteiger partial charge in [0.05, 0.1) is 5.69 Å². The van der Waals surface area contributed by atoms with Gasteiger partial charge in [-0.25, -0.2) is 4.39 Å². The van der Waals surface area contributed by atoms with Crippen LogP contribution in [-0.2, 0) is 0 Å². The van der Waals surface area contributed by atoms with Gasteiger partial charge < -0.3 is 5.32 Å². The Balaban J connectivity index is 2.10. The summed E-state index contributed by atoms with van der Waals surface area (Å²) in [7, 11) is 0. The zero-order valence-corrected chi connectivity index (χ0v) is 10.7. The lowest BCUT2D eigenvalue weighted by Gasteiger charge is -2.09.